The second-order valence-corrected chi connectivity index (χ2v) is 9.83. The van der Waals surface area contributed by atoms with E-state index in [4.69, 9.17) is 16.6 Å². The van der Waals surface area contributed by atoms with E-state index in [1.807, 2.05) is 18.3 Å². The van der Waals surface area contributed by atoms with Crippen molar-refractivity contribution in [2.75, 3.05) is 31.6 Å². The molecule has 0 bridgehead atoms. The van der Waals surface area contributed by atoms with Crippen molar-refractivity contribution in [1.82, 2.24) is 24.6 Å². The molecule has 1 aliphatic carbocycles. The Morgan fingerprint density at radius 1 is 1.10 bits per heavy atom. The van der Waals surface area contributed by atoms with Gasteiger partial charge in [0.15, 0.2) is 0 Å². The van der Waals surface area contributed by atoms with E-state index in [0.29, 0.717) is 5.54 Å². The highest BCUT2D eigenvalue weighted by Crippen LogP contribution is 2.44. The molecule has 6 nitrogen and oxygen atoms in total. The summed E-state index contributed by atoms with van der Waals surface area (Å²) in [6.45, 7) is 3.29. The van der Waals surface area contributed by atoms with Crippen LogP contribution in [-0.4, -0.2) is 51.5 Å². The van der Waals surface area contributed by atoms with Gasteiger partial charge in [-0.15, -0.1) is 0 Å². The zero-order valence-corrected chi connectivity index (χ0v) is 18.7. The van der Waals surface area contributed by atoms with E-state index in [-0.39, 0.29) is 12.1 Å². The monoisotopic (exact) mass is 436 g/mol. The van der Waals surface area contributed by atoms with Crippen molar-refractivity contribution < 1.29 is 0 Å². The molecule has 0 amide bonds. The molecule has 0 unspecified atom stereocenters. The maximum absolute atomic E-state index is 6.43. The molecule has 0 aromatic carbocycles. The number of hydrogen-bond donors (Lipinski definition) is 1. The average Bonchev–Trinajstić information content (AvgIpc) is 3.42. The summed E-state index contributed by atoms with van der Waals surface area (Å²) in [6.07, 6.45) is 9.96. The van der Waals surface area contributed by atoms with E-state index in [9.17, 15) is 0 Å². The third-order valence-corrected chi connectivity index (χ3v) is 7.82. The molecule has 3 aliphatic rings. The molecule has 7 heteroatoms. The maximum atomic E-state index is 6.43. The number of halogens is 1. The number of nitrogens with one attached hydrogen (secondary N) is 1. The fourth-order valence-electron chi connectivity index (χ4n) is 5.42. The lowest BCUT2D eigenvalue weighted by Crippen LogP contribution is -2.53. The SMILES string of the molecule is CN1CCN(c2cccc3nc([C@H]4CCC[C@@H](c5ncccc5Cl)N4)cn23)CC12CC2. The first kappa shape index (κ1) is 19.5. The zero-order chi connectivity index (χ0) is 21.0. The van der Waals surface area contributed by atoms with Gasteiger partial charge in [0.2, 0.25) is 0 Å². The van der Waals surface area contributed by atoms with E-state index >= 15 is 0 Å². The summed E-state index contributed by atoms with van der Waals surface area (Å²) in [5.74, 6) is 1.26. The first-order valence-electron chi connectivity index (χ1n) is 11.4. The van der Waals surface area contributed by atoms with E-state index in [0.717, 1.165) is 61.0 Å². The minimum absolute atomic E-state index is 0.170. The maximum Gasteiger partial charge on any atom is 0.138 e. The molecule has 5 heterocycles. The highest BCUT2D eigenvalue weighted by Gasteiger charge is 2.49. The lowest BCUT2D eigenvalue weighted by Gasteiger charge is -2.41. The second-order valence-electron chi connectivity index (χ2n) is 9.42. The van der Waals surface area contributed by atoms with Crippen LogP contribution in [-0.2, 0) is 0 Å². The van der Waals surface area contributed by atoms with E-state index < -0.39 is 0 Å². The second kappa shape index (κ2) is 7.47. The molecule has 0 radical (unpaired) electrons. The zero-order valence-electron chi connectivity index (χ0n) is 18.0. The van der Waals surface area contributed by atoms with Crippen molar-refractivity contribution in [1.29, 1.82) is 0 Å². The number of anilines is 1. The van der Waals surface area contributed by atoms with Crippen molar-refractivity contribution >= 4 is 23.1 Å². The van der Waals surface area contributed by atoms with E-state index in [1.165, 1.54) is 18.7 Å². The van der Waals surface area contributed by atoms with Gasteiger partial charge < -0.3 is 10.2 Å². The number of imidazole rings is 1. The highest BCUT2D eigenvalue weighted by molar-refractivity contribution is 6.31. The molecule has 3 aromatic heterocycles. The molecule has 6 rings (SSSR count). The first-order valence-corrected chi connectivity index (χ1v) is 11.8. The Labute approximate surface area is 188 Å². The summed E-state index contributed by atoms with van der Waals surface area (Å²) in [6, 6.07) is 10.7. The Balaban J connectivity index is 1.29. The standard InChI is InChI=1S/C24H29ClN6/c1-29-13-14-30(16-24(29)10-11-24)22-9-3-8-21-28-20(15-31(21)22)18-6-2-7-19(27-18)23-17(25)5-4-12-26-23/h3-5,8-9,12,15,18-19,27H,2,6-7,10-11,13-14,16H2,1H3/t18-,19+/m1/s1. The smallest absolute Gasteiger partial charge is 0.138 e. The van der Waals surface area contributed by atoms with Crippen molar-refractivity contribution in [3.8, 4) is 0 Å². The van der Waals surface area contributed by atoms with Crippen molar-refractivity contribution in [2.45, 2.75) is 49.7 Å². The molecule has 2 aliphatic heterocycles. The van der Waals surface area contributed by atoms with E-state index in [2.05, 4.69) is 55.9 Å². The fraction of sp³-hybridized carbons (Fsp3) is 0.500. The van der Waals surface area contributed by atoms with Crippen molar-refractivity contribution in [2.24, 2.45) is 0 Å². The van der Waals surface area contributed by atoms with Crippen LogP contribution in [0.25, 0.3) is 5.65 Å². The van der Waals surface area contributed by atoms with Gasteiger partial charge in [0.1, 0.15) is 11.5 Å². The van der Waals surface area contributed by atoms with Gasteiger partial charge >= 0.3 is 0 Å². The minimum atomic E-state index is 0.170. The quantitative estimate of drug-likeness (QED) is 0.666. The Hall–Kier alpha value is -2.15. The number of likely N-dealkylation sites (N-methyl/N-ethyl adjacent to an activating group) is 1. The first-order chi connectivity index (χ1) is 15.1. The third kappa shape index (κ3) is 3.41. The van der Waals surface area contributed by atoms with Crippen LogP contribution in [0.1, 0.15) is 55.6 Å². The summed E-state index contributed by atoms with van der Waals surface area (Å²) in [5.41, 5.74) is 3.48. The van der Waals surface area contributed by atoms with Crippen LogP contribution < -0.4 is 10.2 Å². The Morgan fingerprint density at radius 3 is 2.81 bits per heavy atom. The number of nitrogens with zero attached hydrogens (tertiary/aromatic N) is 5. The average molecular weight is 437 g/mol. The molecule has 31 heavy (non-hydrogen) atoms. The topological polar surface area (TPSA) is 48.7 Å². The van der Waals surface area contributed by atoms with Crippen LogP contribution in [0, 0.1) is 0 Å². The van der Waals surface area contributed by atoms with Crippen LogP contribution in [0.2, 0.25) is 5.02 Å². The lowest BCUT2D eigenvalue weighted by atomic mass is 9.94. The molecular formula is C24H29ClN6. The van der Waals surface area contributed by atoms with Crippen LogP contribution in [0.15, 0.2) is 42.7 Å². The van der Waals surface area contributed by atoms with Crippen LogP contribution in [0.5, 0.6) is 0 Å². The van der Waals surface area contributed by atoms with Gasteiger partial charge in [-0.25, -0.2) is 4.98 Å². The molecular weight excluding hydrogens is 408 g/mol. The lowest BCUT2D eigenvalue weighted by molar-refractivity contribution is 0.198. The van der Waals surface area contributed by atoms with Crippen LogP contribution in [0.4, 0.5) is 5.82 Å². The van der Waals surface area contributed by atoms with Crippen LogP contribution in [0.3, 0.4) is 0 Å². The van der Waals surface area contributed by atoms with Gasteiger partial charge in [0.25, 0.3) is 0 Å². The summed E-state index contributed by atoms with van der Waals surface area (Å²) in [7, 11) is 2.28. The highest BCUT2D eigenvalue weighted by atomic mass is 35.5. The van der Waals surface area contributed by atoms with Crippen LogP contribution >= 0.6 is 11.6 Å². The predicted octanol–water partition coefficient (Wildman–Crippen LogP) is 4.22. The molecule has 1 N–H and O–H groups in total. The van der Waals surface area contributed by atoms with Crippen molar-refractivity contribution in [3.05, 3.63) is 59.1 Å². The van der Waals surface area contributed by atoms with E-state index in [1.54, 1.807) is 0 Å². The number of pyridine rings is 2. The molecule has 2 saturated heterocycles. The van der Waals surface area contributed by atoms with Gasteiger partial charge in [-0.3, -0.25) is 14.3 Å². The van der Waals surface area contributed by atoms with Gasteiger partial charge in [0.05, 0.1) is 28.5 Å². The molecule has 2 atom stereocenters. The van der Waals surface area contributed by atoms with Gasteiger partial charge in [-0.2, -0.15) is 0 Å². The number of piperazine rings is 1. The number of hydrogen-bond acceptors (Lipinski definition) is 5. The summed E-state index contributed by atoms with van der Waals surface area (Å²) >= 11 is 6.43. The summed E-state index contributed by atoms with van der Waals surface area (Å²) < 4.78 is 2.29. The predicted molar refractivity (Wildman–Crippen MR) is 124 cm³/mol. The van der Waals surface area contributed by atoms with Gasteiger partial charge in [-0.05, 0) is 63.4 Å². The fourth-order valence-corrected chi connectivity index (χ4v) is 5.68. The molecule has 1 spiro atoms. The van der Waals surface area contributed by atoms with Gasteiger partial charge in [-0.1, -0.05) is 17.7 Å². The largest absolute Gasteiger partial charge is 0.355 e. The van der Waals surface area contributed by atoms with Gasteiger partial charge in [0, 0.05) is 37.6 Å². The summed E-state index contributed by atoms with van der Waals surface area (Å²) in [4.78, 5) is 14.7. The Kier molecular flexibility index (Phi) is 4.70. The molecule has 162 valence electrons. The molecule has 3 fully saturated rings. The minimum Gasteiger partial charge on any atom is -0.355 e. The Bertz CT molecular complexity index is 1110. The Morgan fingerprint density at radius 2 is 1.97 bits per heavy atom. The summed E-state index contributed by atoms with van der Waals surface area (Å²) in [5, 5.41) is 4.51. The number of piperidine rings is 1. The molecule has 3 aromatic rings. The number of aromatic nitrogens is 3. The molecule has 1 saturated carbocycles. The number of rotatable bonds is 3. The van der Waals surface area contributed by atoms with Crippen molar-refractivity contribution in [3.63, 3.8) is 0 Å². The normalized spacial score (nSPS) is 25.9. The third-order valence-electron chi connectivity index (χ3n) is 7.50. The number of fused-ring (bicyclic) bond motifs is 1.